The second-order valence-electron chi connectivity index (χ2n) is 3.48. The zero-order valence-corrected chi connectivity index (χ0v) is 9.48. The van der Waals surface area contributed by atoms with Gasteiger partial charge in [0.15, 0.2) is 0 Å². The fourth-order valence-corrected chi connectivity index (χ4v) is 2.35. The van der Waals surface area contributed by atoms with Crippen molar-refractivity contribution in [2.24, 2.45) is 0 Å². The Kier molecular flexibility index (Phi) is 3.45. The van der Waals surface area contributed by atoms with Gasteiger partial charge in [-0.2, -0.15) is 0 Å². The molecule has 1 rings (SSSR count). The average Bonchev–Trinajstić information content (AvgIpc) is 2.46. The minimum absolute atomic E-state index is 0.436. The standard InChI is InChI=1S/C10H17NOS/c1-5-6(2)10-11-9(7(3)12)8(4)13-10/h6-7,12H,5H2,1-4H3. The zero-order valence-electron chi connectivity index (χ0n) is 8.66. The molecule has 0 radical (unpaired) electrons. The lowest BCUT2D eigenvalue weighted by molar-refractivity contribution is 0.194. The van der Waals surface area contributed by atoms with Crippen LogP contribution in [0.2, 0.25) is 0 Å². The smallest absolute Gasteiger partial charge is 0.0960 e. The van der Waals surface area contributed by atoms with E-state index >= 15 is 0 Å². The van der Waals surface area contributed by atoms with Crippen molar-refractivity contribution in [2.75, 3.05) is 0 Å². The Morgan fingerprint density at radius 1 is 1.46 bits per heavy atom. The number of aryl methyl sites for hydroxylation is 1. The number of aliphatic hydroxyl groups is 1. The lowest BCUT2D eigenvalue weighted by atomic mass is 10.1. The largest absolute Gasteiger partial charge is 0.387 e. The van der Waals surface area contributed by atoms with Crippen molar-refractivity contribution in [3.8, 4) is 0 Å². The molecule has 2 nitrogen and oxygen atoms in total. The second kappa shape index (κ2) is 4.20. The Labute approximate surface area is 83.6 Å². The van der Waals surface area contributed by atoms with E-state index in [-0.39, 0.29) is 0 Å². The molecular formula is C10H17NOS. The first-order valence-corrected chi connectivity index (χ1v) is 5.53. The summed E-state index contributed by atoms with van der Waals surface area (Å²) in [5, 5.41) is 10.6. The number of aromatic nitrogens is 1. The second-order valence-corrected chi connectivity index (χ2v) is 4.71. The van der Waals surface area contributed by atoms with Crippen LogP contribution in [0.3, 0.4) is 0 Å². The normalized spacial score (nSPS) is 15.8. The summed E-state index contributed by atoms with van der Waals surface area (Å²) in [6, 6.07) is 0. The van der Waals surface area contributed by atoms with Gasteiger partial charge in [0.05, 0.1) is 16.8 Å². The third kappa shape index (κ3) is 2.29. The van der Waals surface area contributed by atoms with Crippen LogP contribution in [0.25, 0.3) is 0 Å². The predicted octanol–water partition coefficient (Wildman–Crippen LogP) is 3.02. The highest BCUT2D eigenvalue weighted by atomic mass is 32.1. The zero-order chi connectivity index (χ0) is 10.0. The van der Waals surface area contributed by atoms with Gasteiger partial charge in [-0.1, -0.05) is 13.8 Å². The van der Waals surface area contributed by atoms with E-state index in [2.05, 4.69) is 18.8 Å². The molecule has 0 aliphatic rings. The van der Waals surface area contributed by atoms with Gasteiger partial charge in [0, 0.05) is 10.8 Å². The molecule has 1 aromatic rings. The molecule has 0 aromatic carbocycles. The quantitative estimate of drug-likeness (QED) is 0.811. The Hall–Kier alpha value is -0.410. The molecule has 1 heterocycles. The molecule has 0 saturated heterocycles. The van der Waals surface area contributed by atoms with E-state index in [0.717, 1.165) is 22.0 Å². The van der Waals surface area contributed by atoms with Gasteiger partial charge >= 0.3 is 0 Å². The Bertz CT molecular complexity index is 280. The summed E-state index contributed by atoms with van der Waals surface area (Å²) < 4.78 is 0. The summed E-state index contributed by atoms with van der Waals surface area (Å²) in [6.07, 6.45) is 0.667. The van der Waals surface area contributed by atoms with E-state index < -0.39 is 6.10 Å². The van der Waals surface area contributed by atoms with Crippen LogP contribution in [0.15, 0.2) is 0 Å². The van der Waals surface area contributed by atoms with E-state index in [1.165, 1.54) is 0 Å². The maximum Gasteiger partial charge on any atom is 0.0960 e. The number of thiazole rings is 1. The van der Waals surface area contributed by atoms with Gasteiger partial charge in [-0.15, -0.1) is 11.3 Å². The van der Waals surface area contributed by atoms with Crippen LogP contribution < -0.4 is 0 Å². The van der Waals surface area contributed by atoms with E-state index in [1.54, 1.807) is 18.3 Å². The minimum Gasteiger partial charge on any atom is -0.387 e. The van der Waals surface area contributed by atoms with Crippen molar-refractivity contribution >= 4 is 11.3 Å². The maximum atomic E-state index is 9.42. The highest BCUT2D eigenvalue weighted by Crippen LogP contribution is 2.29. The van der Waals surface area contributed by atoms with Crippen molar-refractivity contribution in [3.63, 3.8) is 0 Å². The lowest BCUT2D eigenvalue weighted by Crippen LogP contribution is -1.95. The van der Waals surface area contributed by atoms with E-state index in [4.69, 9.17) is 0 Å². The fraction of sp³-hybridized carbons (Fsp3) is 0.700. The molecule has 0 fully saturated rings. The van der Waals surface area contributed by atoms with Crippen molar-refractivity contribution in [1.29, 1.82) is 0 Å². The number of rotatable bonds is 3. The predicted molar refractivity (Wildman–Crippen MR) is 56.2 cm³/mol. The average molecular weight is 199 g/mol. The van der Waals surface area contributed by atoms with Gasteiger partial charge in [-0.25, -0.2) is 4.98 Å². The van der Waals surface area contributed by atoms with Crippen LogP contribution in [0.1, 0.15) is 54.8 Å². The van der Waals surface area contributed by atoms with Crippen molar-refractivity contribution in [2.45, 2.75) is 46.1 Å². The molecule has 74 valence electrons. The third-order valence-electron chi connectivity index (χ3n) is 2.28. The summed E-state index contributed by atoms with van der Waals surface area (Å²) in [4.78, 5) is 5.59. The first kappa shape index (κ1) is 10.7. The van der Waals surface area contributed by atoms with Crippen molar-refractivity contribution in [1.82, 2.24) is 4.98 Å². The molecular weight excluding hydrogens is 182 g/mol. The van der Waals surface area contributed by atoms with E-state index in [1.807, 2.05) is 6.92 Å². The molecule has 1 N–H and O–H groups in total. The molecule has 1 aromatic heterocycles. The number of nitrogens with zero attached hydrogens (tertiary/aromatic N) is 1. The van der Waals surface area contributed by atoms with Gasteiger partial charge < -0.3 is 5.11 Å². The maximum absolute atomic E-state index is 9.42. The van der Waals surface area contributed by atoms with Crippen molar-refractivity contribution < 1.29 is 5.11 Å². The summed E-state index contributed by atoms with van der Waals surface area (Å²) in [7, 11) is 0. The molecule has 0 amide bonds. The molecule has 0 aliphatic heterocycles. The molecule has 0 bridgehead atoms. The first-order valence-electron chi connectivity index (χ1n) is 4.71. The summed E-state index contributed by atoms with van der Waals surface area (Å²) in [5.41, 5.74) is 0.848. The number of hydrogen-bond donors (Lipinski definition) is 1. The van der Waals surface area contributed by atoms with Gasteiger partial charge in [0.2, 0.25) is 0 Å². The summed E-state index contributed by atoms with van der Waals surface area (Å²) in [5.74, 6) is 0.510. The third-order valence-corrected chi connectivity index (χ3v) is 3.50. The van der Waals surface area contributed by atoms with Crippen LogP contribution in [0.4, 0.5) is 0 Å². The molecule has 0 aliphatic carbocycles. The fourth-order valence-electron chi connectivity index (χ4n) is 1.20. The topological polar surface area (TPSA) is 33.1 Å². The number of hydrogen-bond acceptors (Lipinski definition) is 3. The van der Waals surface area contributed by atoms with E-state index in [9.17, 15) is 5.11 Å². The molecule has 13 heavy (non-hydrogen) atoms. The monoisotopic (exact) mass is 199 g/mol. The molecule has 0 saturated carbocycles. The Balaban J connectivity index is 2.95. The highest BCUT2D eigenvalue weighted by molar-refractivity contribution is 7.11. The summed E-state index contributed by atoms with van der Waals surface area (Å²) >= 11 is 1.70. The number of aliphatic hydroxyl groups excluding tert-OH is 1. The van der Waals surface area contributed by atoms with Gasteiger partial charge in [-0.05, 0) is 20.3 Å². The Morgan fingerprint density at radius 2 is 2.08 bits per heavy atom. The SMILES string of the molecule is CCC(C)c1nc(C(C)O)c(C)s1. The van der Waals surface area contributed by atoms with Crippen LogP contribution in [0.5, 0.6) is 0 Å². The van der Waals surface area contributed by atoms with Crippen molar-refractivity contribution in [3.05, 3.63) is 15.6 Å². The molecule has 2 unspecified atom stereocenters. The van der Waals surface area contributed by atoms with E-state index in [0.29, 0.717) is 5.92 Å². The minimum atomic E-state index is -0.436. The van der Waals surface area contributed by atoms with Crippen LogP contribution in [0, 0.1) is 6.92 Å². The van der Waals surface area contributed by atoms with Crippen LogP contribution >= 0.6 is 11.3 Å². The van der Waals surface area contributed by atoms with Crippen LogP contribution in [-0.2, 0) is 0 Å². The van der Waals surface area contributed by atoms with Gasteiger partial charge in [0.1, 0.15) is 0 Å². The van der Waals surface area contributed by atoms with Gasteiger partial charge in [0.25, 0.3) is 0 Å². The molecule has 0 spiro atoms. The summed E-state index contributed by atoms with van der Waals surface area (Å²) in [6.45, 7) is 8.11. The molecule has 2 atom stereocenters. The highest BCUT2D eigenvalue weighted by Gasteiger charge is 2.14. The van der Waals surface area contributed by atoms with Crippen LogP contribution in [-0.4, -0.2) is 10.1 Å². The Morgan fingerprint density at radius 3 is 2.46 bits per heavy atom. The molecule has 3 heteroatoms. The first-order chi connectivity index (χ1) is 6.06. The lowest BCUT2D eigenvalue weighted by Gasteiger charge is -2.02. The van der Waals surface area contributed by atoms with Gasteiger partial charge in [-0.3, -0.25) is 0 Å².